The molecule has 0 aromatic carbocycles. The van der Waals surface area contributed by atoms with Crippen molar-refractivity contribution >= 4 is 11.6 Å². The molecule has 0 spiro atoms. The largest absolute Gasteiger partial charge is 0.380 e. The molecule has 0 radical (unpaired) electrons. The number of hydrogen-bond acceptors (Lipinski definition) is 2. The third-order valence-electron chi connectivity index (χ3n) is 2.47. The minimum atomic E-state index is 0.552. The van der Waals surface area contributed by atoms with Crippen LogP contribution in [0.4, 0.5) is 0 Å². The van der Waals surface area contributed by atoms with Gasteiger partial charge in [0.25, 0.3) is 0 Å². The van der Waals surface area contributed by atoms with Crippen LogP contribution in [0.3, 0.4) is 0 Å². The van der Waals surface area contributed by atoms with E-state index in [4.69, 9.17) is 16.3 Å². The van der Waals surface area contributed by atoms with E-state index in [0.29, 0.717) is 6.04 Å². The lowest BCUT2D eigenvalue weighted by Crippen LogP contribution is -2.31. The maximum atomic E-state index is 5.70. The van der Waals surface area contributed by atoms with Crippen LogP contribution >= 0.6 is 11.6 Å². The van der Waals surface area contributed by atoms with Gasteiger partial charge < -0.3 is 10.1 Å². The van der Waals surface area contributed by atoms with Crippen molar-refractivity contribution in [1.82, 2.24) is 5.32 Å². The highest BCUT2D eigenvalue weighted by molar-refractivity contribution is 6.17. The molecule has 0 fully saturated rings. The minimum absolute atomic E-state index is 0.552. The lowest BCUT2D eigenvalue weighted by molar-refractivity contribution is 0.123. The Morgan fingerprint density at radius 2 is 1.93 bits per heavy atom. The van der Waals surface area contributed by atoms with E-state index >= 15 is 0 Å². The molecule has 0 aromatic rings. The highest BCUT2D eigenvalue weighted by atomic mass is 35.5. The zero-order valence-corrected chi connectivity index (χ0v) is 11.1. The van der Waals surface area contributed by atoms with E-state index in [0.717, 1.165) is 50.8 Å². The third kappa shape index (κ3) is 10.5. The molecule has 0 bridgehead atoms. The fraction of sp³-hybridized carbons (Fsp3) is 1.00. The van der Waals surface area contributed by atoms with Gasteiger partial charge in [-0.1, -0.05) is 20.8 Å². The summed E-state index contributed by atoms with van der Waals surface area (Å²) >= 11 is 5.70. The van der Waals surface area contributed by atoms with Gasteiger partial charge >= 0.3 is 0 Å². The molecule has 1 atom stereocenters. The van der Waals surface area contributed by atoms with Crippen LogP contribution in [0.2, 0.25) is 0 Å². The van der Waals surface area contributed by atoms with Gasteiger partial charge in [0.1, 0.15) is 0 Å². The first-order valence-corrected chi connectivity index (χ1v) is 6.61. The number of nitrogens with one attached hydrogen (secondary N) is 1. The number of hydrogen-bond donors (Lipinski definition) is 1. The molecule has 0 aliphatic carbocycles. The Balaban J connectivity index is 3.21. The molecule has 0 saturated heterocycles. The van der Waals surface area contributed by atoms with E-state index in [1.807, 2.05) is 0 Å². The summed E-state index contributed by atoms with van der Waals surface area (Å²) in [5.41, 5.74) is 0. The van der Waals surface area contributed by atoms with Gasteiger partial charge in [0.2, 0.25) is 0 Å². The first-order valence-electron chi connectivity index (χ1n) is 6.07. The van der Waals surface area contributed by atoms with E-state index in [2.05, 4.69) is 26.1 Å². The second-order valence-electron chi connectivity index (χ2n) is 4.33. The zero-order valence-electron chi connectivity index (χ0n) is 10.4. The quantitative estimate of drug-likeness (QED) is 0.464. The van der Waals surface area contributed by atoms with Crippen LogP contribution in [-0.4, -0.2) is 31.7 Å². The molecule has 0 amide bonds. The van der Waals surface area contributed by atoms with Crippen molar-refractivity contribution in [3.8, 4) is 0 Å². The van der Waals surface area contributed by atoms with Crippen molar-refractivity contribution in [3.63, 3.8) is 0 Å². The van der Waals surface area contributed by atoms with Crippen molar-refractivity contribution in [2.24, 2.45) is 5.92 Å². The minimum Gasteiger partial charge on any atom is -0.380 e. The number of ether oxygens (including phenoxy) is 1. The van der Waals surface area contributed by atoms with Crippen molar-refractivity contribution in [1.29, 1.82) is 0 Å². The van der Waals surface area contributed by atoms with Gasteiger partial charge in [-0.3, -0.25) is 0 Å². The highest BCUT2D eigenvalue weighted by Gasteiger charge is 2.03. The lowest BCUT2D eigenvalue weighted by atomic mass is 10.1. The van der Waals surface area contributed by atoms with Gasteiger partial charge in [-0.05, 0) is 25.2 Å². The molecule has 0 aromatic heterocycles. The number of halogens is 1. The molecule has 0 aliphatic rings. The van der Waals surface area contributed by atoms with Crippen molar-refractivity contribution in [3.05, 3.63) is 0 Å². The third-order valence-corrected chi connectivity index (χ3v) is 2.69. The Morgan fingerprint density at radius 1 is 1.20 bits per heavy atom. The van der Waals surface area contributed by atoms with Crippen molar-refractivity contribution in [2.75, 3.05) is 25.6 Å². The number of rotatable bonds is 10. The molecule has 15 heavy (non-hydrogen) atoms. The highest BCUT2D eigenvalue weighted by Crippen LogP contribution is 2.00. The summed E-state index contributed by atoms with van der Waals surface area (Å²) in [6.07, 6.45) is 3.33. The maximum Gasteiger partial charge on any atom is 0.0591 e. The summed E-state index contributed by atoms with van der Waals surface area (Å²) in [7, 11) is 0. The van der Waals surface area contributed by atoms with E-state index in [-0.39, 0.29) is 0 Å². The van der Waals surface area contributed by atoms with Gasteiger partial charge in [-0.15, -0.1) is 11.6 Å². The second-order valence-corrected chi connectivity index (χ2v) is 4.71. The van der Waals surface area contributed by atoms with Crippen LogP contribution in [0.1, 0.15) is 40.0 Å². The molecule has 1 N–H and O–H groups in total. The van der Waals surface area contributed by atoms with Gasteiger partial charge in [0.15, 0.2) is 0 Å². The second kappa shape index (κ2) is 10.7. The summed E-state index contributed by atoms with van der Waals surface area (Å²) in [5.74, 6) is 1.47. The molecule has 0 saturated carbocycles. The summed E-state index contributed by atoms with van der Waals surface area (Å²) in [5, 5.41) is 3.45. The molecular formula is C12H26ClNO. The Hall–Kier alpha value is 0.210. The Labute approximate surface area is 99.7 Å². The molecule has 92 valence electrons. The van der Waals surface area contributed by atoms with Crippen molar-refractivity contribution in [2.45, 2.75) is 46.1 Å². The summed E-state index contributed by atoms with van der Waals surface area (Å²) in [4.78, 5) is 0. The van der Waals surface area contributed by atoms with Crippen LogP contribution in [-0.2, 0) is 4.74 Å². The molecule has 2 nitrogen and oxygen atoms in total. The topological polar surface area (TPSA) is 21.3 Å². The smallest absolute Gasteiger partial charge is 0.0591 e. The average molecular weight is 236 g/mol. The molecule has 1 unspecified atom stereocenters. The molecule has 0 aliphatic heterocycles. The van der Waals surface area contributed by atoms with Crippen LogP contribution in [0.5, 0.6) is 0 Å². The van der Waals surface area contributed by atoms with Gasteiger partial charge in [-0.25, -0.2) is 0 Å². The molecular weight excluding hydrogens is 210 g/mol. The normalized spacial score (nSPS) is 13.4. The van der Waals surface area contributed by atoms with Gasteiger partial charge in [0.05, 0.1) is 6.61 Å². The monoisotopic (exact) mass is 235 g/mol. The SMILES string of the molecule is CCC(CCCl)NCCOCCC(C)C. The Kier molecular flexibility index (Phi) is 10.9. The summed E-state index contributed by atoms with van der Waals surface area (Å²) in [6.45, 7) is 9.25. The first kappa shape index (κ1) is 15.2. The molecule has 0 rings (SSSR count). The van der Waals surface area contributed by atoms with Crippen LogP contribution in [0.25, 0.3) is 0 Å². The fourth-order valence-electron chi connectivity index (χ4n) is 1.34. The molecule has 0 heterocycles. The standard InChI is InChI=1S/C12H26ClNO/c1-4-12(5-7-13)14-8-10-15-9-6-11(2)3/h11-12,14H,4-10H2,1-3H3. The maximum absolute atomic E-state index is 5.70. The van der Waals surface area contributed by atoms with Crippen LogP contribution in [0, 0.1) is 5.92 Å². The first-order chi connectivity index (χ1) is 7.20. The van der Waals surface area contributed by atoms with Crippen LogP contribution < -0.4 is 5.32 Å². The lowest BCUT2D eigenvalue weighted by Gasteiger charge is -2.15. The van der Waals surface area contributed by atoms with Gasteiger partial charge in [0, 0.05) is 25.1 Å². The summed E-state index contributed by atoms with van der Waals surface area (Å²) in [6, 6.07) is 0.552. The van der Waals surface area contributed by atoms with Gasteiger partial charge in [-0.2, -0.15) is 0 Å². The predicted octanol–water partition coefficient (Wildman–Crippen LogP) is 3.05. The van der Waals surface area contributed by atoms with E-state index in [9.17, 15) is 0 Å². The zero-order chi connectivity index (χ0) is 11.5. The Bertz CT molecular complexity index is 131. The van der Waals surface area contributed by atoms with E-state index < -0.39 is 0 Å². The Morgan fingerprint density at radius 3 is 2.47 bits per heavy atom. The van der Waals surface area contributed by atoms with E-state index in [1.165, 1.54) is 0 Å². The average Bonchev–Trinajstić information content (AvgIpc) is 2.21. The predicted molar refractivity (Wildman–Crippen MR) is 67.7 cm³/mol. The molecule has 3 heteroatoms. The summed E-state index contributed by atoms with van der Waals surface area (Å²) < 4.78 is 5.52. The van der Waals surface area contributed by atoms with Crippen molar-refractivity contribution < 1.29 is 4.74 Å². The van der Waals surface area contributed by atoms with Crippen LogP contribution in [0.15, 0.2) is 0 Å². The number of alkyl halides is 1. The van der Waals surface area contributed by atoms with E-state index in [1.54, 1.807) is 0 Å². The fourth-order valence-corrected chi connectivity index (χ4v) is 1.60.